The molecule has 0 aliphatic carbocycles. The molecule has 0 aromatic carbocycles. The van der Waals surface area contributed by atoms with Crippen LogP contribution < -0.4 is 0 Å². The van der Waals surface area contributed by atoms with Crippen LogP contribution in [0.4, 0.5) is 0 Å². The highest BCUT2D eigenvalue weighted by Crippen LogP contribution is 2.12. The molecular formula is C11H20O2. The van der Waals surface area contributed by atoms with E-state index in [9.17, 15) is 4.79 Å². The number of aliphatic carboxylic acids is 1. The third kappa shape index (κ3) is 6.38. The van der Waals surface area contributed by atoms with Crippen molar-refractivity contribution in [1.82, 2.24) is 0 Å². The Hall–Kier alpha value is -0.790. The van der Waals surface area contributed by atoms with Gasteiger partial charge in [-0.1, -0.05) is 45.3 Å². The lowest BCUT2D eigenvalue weighted by molar-refractivity contribution is -0.140. The molecule has 0 saturated heterocycles. The van der Waals surface area contributed by atoms with E-state index in [-0.39, 0.29) is 5.92 Å². The van der Waals surface area contributed by atoms with Gasteiger partial charge in [-0.15, -0.1) is 0 Å². The summed E-state index contributed by atoms with van der Waals surface area (Å²) in [5.41, 5.74) is 0. The highest BCUT2D eigenvalue weighted by Gasteiger charge is 2.12. The van der Waals surface area contributed by atoms with Gasteiger partial charge in [-0.25, -0.2) is 0 Å². The minimum Gasteiger partial charge on any atom is -0.481 e. The van der Waals surface area contributed by atoms with Gasteiger partial charge in [0.05, 0.1) is 5.92 Å². The molecular weight excluding hydrogens is 164 g/mol. The number of carbonyl (C=O) groups is 1. The van der Waals surface area contributed by atoms with Crippen molar-refractivity contribution in [3.63, 3.8) is 0 Å². The Kier molecular flexibility index (Phi) is 7.36. The molecule has 0 aliphatic rings. The zero-order chi connectivity index (χ0) is 10.1. The summed E-state index contributed by atoms with van der Waals surface area (Å²) in [7, 11) is 0. The molecule has 13 heavy (non-hydrogen) atoms. The lowest BCUT2D eigenvalue weighted by Gasteiger charge is -2.05. The normalized spacial score (nSPS) is 13.4. The summed E-state index contributed by atoms with van der Waals surface area (Å²) >= 11 is 0. The summed E-state index contributed by atoms with van der Waals surface area (Å²) in [6.45, 7) is 4.14. The average Bonchev–Trinajstić information content (AvgIpc) is 2.10. The molecule has 0 aliphatic heterocycles. The number of hydrogen-bond donors (Lipinski definition) is 1. The summed E-state index contributed by atoms with van der Waals surface area (Å²) in [5.74, 6) is -0.965. The van der Waals surface area contributed by atoms with E-state index in [1.807, 2.05) is 19.1 Å². The maximum atomic E-state index is 10.7. The summed E-state index contributed by atoms with van der Waals surface area (Å²) in [5, 5.41) is 8.85. The van der Waals surface area contributed by atoms with Gasteiger partial charge in [-0.05, 0) is 12.8 Å². The van der Waals surface area contributed by atoms with Crippen LogP contribution in [0.15, 0.2) is 12.2 Å². The first-order valence-corrected chi connectivity index (χ1v) is 5.11. The van der Waals surface area contributed by atoms with E-state index in [1.54, 1.807) is 0 Å². The molecule has 1 N–H and O–H groups in total. The fourth-order valence-electron chi connectivity index (χ4n) is 1.22. The van der Waals surface area contributed by atoms with E-state index in [4.69, 9.17) is 5.11 Å². The third-order valence-electron chi connectivity index (χ3n) is 2.04. The van der Waals surface area contributed by atoms with Crippen LogP contribution in [-0.2, 0) is 4.79 Å². The molecule has 0 heterocycles. The van der Waals surface area contributed by atoms with Crippen LogP contribution in [0.25, 0.3) is 0 Å². The molecule has 0 rings (SSSR count). The van der Waals surface area contributed by atoms with Crippen LogP contribution in [0.2, 0.25) is 0 Å². The second-order valence-electron chi connectivity index (χ2n) is 3.28. The van der Waals surface area contributed by atoms with E-state index in [0.29, 0.717) is 0 Å². The summed E-state index contributed by atoms with van der Waals surface area (Å²) in [4.78, 5) is 10.7. The molecule has 76 valence electrons. The zero-order valence-electron chi connectivity index (χ0n) is 8.62. The van der Waals surface area contributed by atoms with Crippen molar-refractivity contribution >= 4 is 5.97 Å². The first-order chi connectivity index (χ1) is 6.22. The average molecular weight is 184 g/mol. The number of carboxylic acid groups (broad SMARTS) is 1. The van der Waals surface area contributed by atoms with Crippen molar-refractivity contribution in [2.75, 3.05) is 0 Å². The van der Waals surface area contributed by atoms with Crippen LogP contribution in [0.5, 0.6) is 0 Å². The summed E-state index contributed by atoms with van der Waals surface area (Å²) in [6.07, 6.45) is 8.73. The van der Waals surface area contributed by atoms with Crippen molar-refractivity contribution in [2.45, 2.75) is 46.0 Å². The number of allylic oxidation sites excluding steroid dienone is 1. The molecule has 0 aromatic heterocycles. The first-order valence-electron chi connectivity index (χ1n) is 5.11. The van der Waals surface area contributed by atoms with Crippen LogP contribution in [0.3, 0.4) is 0 Å². The van der Waals surface area contributed by atoms with Gasteiger partial charge in [-0.3, -0.25) is 4.79 Å². The highest BCUT2D eigenvalue weighted by molar-refractivity contribution is 5.72. The largest absolute Gasteiger partial charge is 0.481 e. The molecule has 0 radical (unpaired) electrons. The molecule has 0 saturated carbocycles. The van der Waals surface area contributed by atoms with Gasteiger partial charge in [0, 0.05) is 0 Å². The Morgan fingerprint density at radius 1 is 1.38 bits per heavy atom. The van der Waals surface area contributed by atoms with Crippen molar-refractivity contribution in [3.05, 3.63) is 12.2 Å². The molecule has 2 heteroatoms. The van der Waals surface area contributed by atoms with E-state index in [0.717, 1.165) is 32.1 Å². The molecule has 0 aromatic rings. The Bertz CT molecular complexity index is 161. The summed E-state index contributed by atoms with van der Waals surface area (Å²) < 4.78 is 0. The van der Waals surface area contributed by atoms with Crippen molar-refractivity contribution in [3.8, 4) is 0 Å². The maximum absolute atomic E-state index is 10.7. The standard InChI is InChI=1S/C11H20O2/c1-3-5-7-9-10(11(12)13)8-6-4-2/h6,8,10H,3-5,7,9H2,1-2H3,(H,12,13)/b8-6+. The molecule has 1 unspecified atom stereocenters. The fraction of sp³-hybridized carbons (Fsp3) is 0.727. The van der Waals surface area contributed by atoms with Crippen LogP contribution >= 0.6 is 0 Å². The number of carboxylic acids is 1. The van der Waals surface area contributed by atoms with Gasteiger partial charge in [0.25, 0.3) is 0 Å². The molecule has 2 nitrogen and oxygen atoms in total. The lowest BCUT2D eigenvalue weighted by atomic mass is 10.0. The zero-order valence-corrected chi connectivity index (χ0v) is 8.62. The van der Waals surface area contributed by atoms with Crippen molar-refractivity contribution < 1.29 is 9.90 Å². The predicted molar refractivity (Wildman–Crippen MR) is 54.7 cm³/mol. The molecule has 0 bridgehead atoms. The van der Waals surface area contributed by atoms with Crippen LogP contribution in [0.1, 0.15) is 46.0 Å². The quantitative estimate of drug-likeness (QED) is 0.487. The van der Waals surface area contributed by atoms with Crippen LogP contribution in [0, 0.1) is 5.92 Å². The minimum absolute atomic E-state index is 0.272. The van der Waals surface area contributed by atoms with Gasteiger partial charge in [0.1, 0.15) is 0 Å². The van der Waals surface area contributed by atoms with E-state index < -0.39 is 5.97 Å². The number of hydrogen-bond acceptors (Lipinski definition) is 1. The second kappa shape index (κ2) is 7.84. The maximum Gasteiger partial charge on any atom is 0.310 e. The fourth-order valence-corrected chi connectivity index (χ4v) is 1.22. The van der Waals surface area contributed by atoms with Gasteiger partial charge in [-0.2, -0.15) is 0 Å². The monoisotopic (exact) mass is 184 g/mol. The van der Waals surface area contributed by atoms with Crippen LogP contribution in [-0.4, -0.2) is 11.1 Å². The third-order valence-corrected chi connectivity index (χ3v) is 2.04. The van der Waals surface area contributed by atoms with Crippen molar-refractivity contribution in [1.29, 1.82) is 0 Å². The second-order valence-corrected chi connectivity index (χ2v) is 3.28. The number of unbranched alkanes of at least 4 members (excludes halogenated alkanes) is 2. The summed E-state index contributed by atoms with van der Waals surface area (Å²) in [6, 6.07) is 0. The Morgan fingerprint density at radius 3 is 2.54 bits per heavy atom. The minimum atomic E-state index is -0.694. The number of rotatable bonds is 7. The Labute approximate surface area is 80.7 Å². The molecule has 1 atom stereocenters. The predicted octanol–water partition coefficient (Wildman–Crippen LogP) is 3.23. The lowest BCUT2D eigenvalue weighted by Crippen LogP contribution is -2.10. The smallest absolute Gasteiger partial charge is 0.310 e. The van der Waals surface area contributed by atoms with E-state index in [1.165, 1.54) is 0 Å². The van der Waals surface area contributed by atoms with Gasteiger partial charge < -0.3 is 5.11 Å². The molecule has 0 amide bonds. The van der Waals surface area contributed by atoms with Gasteiger partial charge >= 0.3 is 5.97 Å². The molecule has 0 fully saturated rings. The van der Waals surface area contributed by atoms with E-state index in [2.05, 4.69) is 6.92 Å². The molecule has 0 spiro atoms. The first kappa shape index (κ1) is 12.2. The van der Waals surface area contributed by atoms with Gasteiger partial charge in [0.2, 0.25) is 0 Å². The van der Waals surface area contributed by atoms with Crippen molar-refractivity contribution in [2.24, 2.45) is 5.92 Å². The highest BCUT2D eigenvalue weighted by atomic mass is 16.4. The van der Waals surface area contributed by atoms with E-state index >= 15 is 0 Å². The van der Waals surface area contributed by atoms with Gasteiger partial charge in [0.15, 0.2) is 0 Å². The SMILES string of the molecule is CC/C=C/C(CCCCC)C(=O)O. The Morgan fingerprint density at radius 2 is 2.08 bits per heavy atom. The Balaban J connectivity index is 3.81. The topological polar surface area (TPSA) is 37.3 Å².